The van der Waals surface area contributed by atoms with Crippen LogP contribution in [-0.4, -0.2) is 16.0 Å². The lowest BCUT2D eigenvalue weighted by molar-refractivity contribution is 0.0946. The molecule has 8 heteroatoms. The summed E-state index contributed by atoms with van der Waals surface area (Å²) in [6.07, 6.45) is 0. The third kappa shape index (κ3) is 3.80. The molecule has 1 N–H and O–H groups in total. The van der Waals surface area contributed by atoms with E-state index in [2.05, 4.69) is 31.4 Å². The van der Waals surface area contributed by atoms with Crippen molar-refractivity contribution in [2.75, 3.05) is 0 Å². The number of nitrogens with zero attached hydrogens (tertiary/aromatic N) is 2. The highest BCUT2D eigenvalue weighted by Gasteiger charge is 2.12. The molecule has 5 nitrogen and oxygen atoms in total. The molecule has 0 unspecified atom stereocenters. The Kier molecular flexibility index (Phi) is 4.92. The molecule has 0 saturated heterocycles. The smallest absolute Gasteiger partial charge is 0.251 e. The Morgan fingerprint density at radius 3 is 2.71 bits per heavy atom. The van der Waals surface area contributed by atoms with Crippen molar-refractivity contribution in [3.05, 3.63) is 69.2 Å². The number of halogens is 3. The van der Waals surface area contributed by atoms with Crippen molar-refractivity contribution in [2.45, 2.75) is 6.54 Å². The van der Waals surface area contributed by atoms with Crippen LogP contribution in [0.15, 0.2) is 51.5 Å². The standard InChI is InChI=1S/C16H10BrClFN3O2/c17-12-6-3-10(7-13(12)19)16(23)20-8-14-21-15(22-24-14)9-1-4-11(18)5-2-9/h1-7H,8H2,(H,20,23). The van der Waals surface area contributed by atoms with Gasteiger partial charge in [0, 0.05) is 16.1 Å². The second-order valence-corrected chi connectivity index (χ2v) is 6.12. The predicted molar refractivity (Wildman–Crippen MR) is 90.0 cm³/mol. The zero-order valence-corrected chi connectivity index (χ0v) is 14.4. The number of carbonyl (C=O) groups is 1. The Labute approximate surface area is 150 Å². The third-order valence-corrected chi connectivity index (χ3v) is 4.05. The molecule has 0 atom stereocenters. The normalized spacial score (nSPS) is 10.6. The number of amides is 1. The summed E-state index contributed by atoms with van der Waals surface area (Å²) in [6, 6.07) is 11.1. The summed E-state index contributed by atoms with van der Waals surface area (Å²) in [5.41, 5.74) is 0.948. The molecule has 3 rings (SSSR count). The second kappa shape index (κ2) is 7.11. The van der Waals surface area contributed by atoms with Gasteiger partial charge < -0.3 is 9.84 Å². The average Bonchev–Trinajstić information content (AvgIpc) is 3.05. The van der Waals surface area contributed by atoms with E-state index in [1.165, 1.54) is 12.1 Å². The highest BCUT2D eigenvalue weighted by molar-refractivity contribution is 9.10. The molecular weight excluding hydrogens is 401 g/mol. The van der Waals surface area contributed by atoms with Crippen LogP contribution in [0.2, 0.25) is 5.02 Å². The molecular formula is C16H10BrClFN3O2. The summed E-state index contributed by atoms with van der Waals surface area (Å²) in [4.78, 5) is 16.2. The largest absolute Gasteiger partial charge is 0.343 e. The van der Waals surface area contributed by atoms with Crippen LogP contribution in [0.3, 0.4) is 0 Å². The molecule has 3 aromatic rings. The summed E-state index contributed by atoms with van der Waals surface area (Å²) in [6.45, 7) is 0.0388. The predicted octanol–water partition coefficient (Wildman–Crippen LogP) is 4.22. The number of rotatable bonds is 4. The summed E-state index contributed by atoms with van der Waals surface area (Å²) in [5, 5.41) is 7.05. The Morgan fingerprint density at radius 2 is 2.00 bits per heavy atom. The third-order valence-electron chi connectivity index (χ3n) is 3.15. The fourth-order valence-corrected chi connectivity index (χ4v) is 2.31. The van der Waals surface area contributed by atoms with Crippen molar-refractivity contribution in [3.8, 4) is 11.4 Å². The molecule has 122 valence electrons. The van der Waals surface area contributed by atoms with Gasteiger partial charge in [0.25, 0.3) is 5.91 Å². The molecule has 0 saturated carbocycles. The monoisotopic (exact) mass is 409 g/mol. The first-order chi connectivity index (χ1) is 11.5. The Morgan fingerprint density at radius 1 is 1.25 bits per heavy atom. The van der Waals surface area contributed by atoms with Gasteiger partial charge in [-0.3, -0.25) is 4.79 Å². The first-order valence-electron chi connectivity index (χ1n) is 6.85. The van der Waals surface area contributed by atoms with Gasteiger partial charge in [-0.05, 0) is 58.4 Å². The van der Waals surface area contributed by atoms with Gasteiger partial charge in [-0.2, -0.15) is 4.98 Å². The van der Waals surface area contributed by atoms with Crippen LogP contribution in [0, 0.1) is 5.82 Å². The minimum Gasteiger partial charge on any atom is -0.343 e. The van der Waals surface area contributed by atoms with Crippen LogP contribution in [-0.2, 0) is 6.54 Å². The van der Waals surface area contributed by atoms with Gasteiger partial charge in [0.15, 0.2) is 0 Å². The number of nitrogens with one attached hydrogen (secondary N) is 1. The molecule has 0 bridgehead atoms. The fourth-order valence-electron chi connectivity index (χ4n) is 1.94. The lowest BCUT2D eigenvalue weighted by Crippen LogP contribution is -2.23. The molecule has 24 heavy (non-hydrogen) atoms. The van der Waals surface area contributed by atoms with E-state index in [-0.39, 0.29) is 18.0 Å². The maximum atomic E-state index is 13.4. The van der Waals surface area contributed by atoms with E-state index in [0.717, 1.165) is 11.6 Å². The van der Waals surface area contributed by atoms with Gasteiger partial charge in [-0.1, -0.05) is 16.8 Å². The van der Waals surface area contributed by atoms with Crippen molar-refractivity contribution >= 4 is 33.4 Å². The number of benzene rings is 2. The molecule has 2 aromatic carbocycles. The van der Waals surface area contributed by atoms with Gasteiger partial charge >= 0.3 is 0 Å². The summed E-state index contributed by atoms with van der Waals surface area (Å²) < 4.78 is 18.8. The maximum absolute atomic E-state index is 13.4. The summed E-state index contributed by atoms with van der Waals surface area (Å²) in [7, 11) is 0. The minimum atomic E-state index is -0.509. The van der Waals surface area contributed by atoms with Gasteiger partial charge in [0.05, 0.1) is 11.0 Å². The molecule has 0 aliphatic heterocycles. The molecule has 0 aliphatic rings. The molecule has 0 fully saturated rings. The SMILES string of the molecule is O=C(NCc1nc(-c2ccc(Cl)cc2)no1)c1ccc(Br)c(F)c1. The van der Waals surface area contributed by atoms with Crippen LogP contribution >= 0.6 is 27.5 Å². The zero-order valence-electron chi connectivity index (χ0n) is 12.1. The average molecular weight is 411 g/mol. The Bertz CT molecular complexity index is 883. The van der Waals surface area contributed by atoms with E-state index in [0.29, 0.717) is 15.3 Å². The molecule has 0 radical (unpaired) electrons. The zero-order chi connectivity index (χ0) is 17.1. The molecule has 0 spiro atoms. The van der Waals surface area contributed by atoms with Crippen LogP contribution in [0.1, 0.15) is 16.2 Å². The van der Waals surface area contributed by atoms with Crippen LogP contribution < -0.4 is 5.32 Å². The number of aromatic nitrogens is 2. The van der Waals surface area contributed by atoms with E-state index in [1.54, 1.807) is 24.3 Å². The fraction of sp³-hybridized carbons (Fsp3) is 0.0625. The highest BCUT2D eigenvalue weighted by Crippen LogP contribution is 2.19. The van der Waals surface area contributed by atoms with Gasteiger partial charge in [-0.25, -0.2) is 4.39 Å². The van der Waals surface area contributed by atoms with Crippen molar-refractivity contribution in [2.24, 2.45) is 0 Å². The van der Waals surface area contributed by atoms with Crippen LogP contribution in [0.5, 0.6) is 0 Å². The van der Waals surface area contributed by atoms with E-state index in [1.807, 2.05) is 0 Å². The lowest BCUT2D eigenvalue weighted by atomic mass is 10.2. The number of hydrogen-bond acceptors (Lipinski definition) is 4. The Hall–Kier alpha value is -2.25. The first-order valence-corrected chi connectivity index (χ1v) is 8.02. The van der Waals surface area contributed by atoms with E-state index < -0.39 is 11.7 Å². The molecule has 1 aromatic heterocycles. The van der Waals surface area contributed by atoms with Gasteiger partial charge in [0.2, 0.25) is 11.7 Å². The first kappa shape index (κ1) is 16.6. The molecule has 0 aliphatic carbocycles. The topological polar surface area (TPSA) is 68.0 Å². The molecule has 1 amide bonds. The summed E-state index contributed by atoms with van der Waals surface area (Å²) in [5.74, 6) is -0.311. The summed E-state index contributed by atoms with van der Waals surface area (Å²) >= 11 is 8.86. The number of carbonyl (C=O) groups excluding carboxylic acids is 1. The van der Waals surface area contributed by atoms with Crippen molar-refractivity contribution in [3.63, 3.8) is 0 Å². The van der Waals surface area contributed by atoms with E-state index >= 15 is 0 Å². The quantitative estimate of drug-likeness (QED) is 0.699. The van der Waals surface area contributed by atoms with Gasteiger partial charge in [0.1, 0.15) is 5.82 Å². The van der Waals surface area contributed by atoms with Crippen molar-refractivity contribution in [1.82, 2.24) is 15.5 Å². The number of hydrogen-bond donors (Lipinski definition) is 1. The van der Waals surface area contributed by atoms with Crippen LogP contribution in [0.25, 0.3) is 11.4 Å². The van der Waals surface area contributed by atoms with E-state index in [9.17, 15) is 9.18 Å². The minimum absolute atomic E-state index is 0.0388. The van der Waals surface area contributed by atoms with Gasteiger partial charge in [-0.15, -0.1) is 0 Å². The van der Waals surface area contributed by atoms with Crippen LogP contribution in [0.4, 0.5) is 4.39 Å². The second-order valence-electron chi connectivity index (χ2n) is 4.83. The molecule has 1 heterocycles. The Balaban J connectivity index is 1.65. The highest BCUT2D eigenvalue weighted by atomic mass is 79.9. The maximum Gasteiger partial charge on any atom is 0.251 e. The van der Waals surface area contributed by atoms with E-state index in [4.69, 9.17) is 16.1 Å². The van der Waals surface area contributed by atoms with Crippen molar-refractivity contribution in [1.29, 1.82) is 0 Å². The lowest BCUT2D eigenvalue weighted by Gasteiger charge is -2.03. The van der Waals surface area contributed by atoms with Crippen molar-refractivity contribution < 1.29 is 13.7 Å².